The van der Waals surface area contributed by atoms with Crippen LogP contribution in [-0.2, 0) is 19.6 Å². The van der Waals surface area contributed by atoms with E-state index < -0.39 is 50.7 Å². The summed E-state index contributed by atoms with van der Waals surface area (Å²) < 4.78 is 56.5. The molecule has 0 radical (unpaired) electrons. The molecule has 1 aliphatic heterocycles. The van der Waals surface area contributed by atoms with Crippen LogP contribution in [0, 0.1) is 18.2 Å². The molecule has 66 heavy (non-hydrogen) atoms. The Balaban J connectivity index is 0.000000228. The summed E-state index contributed by atoms with van der Waals surface area (Å²) in [7, 11) is 1.15. The molecule has 6 rings (SSSR count). The van der Waals surface area contributed by atoms with Crippen LogP contribution in [0.25, 0.3) is 0 Å². The van der Waals surface area contributed by atoms with Gasteiger partial charge in [0.25, 0.3) is 27.7 Å². The fourth-order valence-electron chi connectivity index (χ4n) is 5.85. The van der Waals surface area contributed by atoms with Crippen LogP contribution in [0.4, 0.5) is 32.7 Å². The SMILES string of the molecule is C#CC(C)Oc1cc(N2C(=O)C3=C(CCCC3)C2=O)c(F)cc1Cl.CCNc1nc(Cl)nc(NC(C)C)n1.COc1cc(OC)nc(NC(=O)NS(=O)(=O)c2ncccc2C(=O)N(C)C)n1. The minimum Gasteiger partial charge on any atom is -0.481 e. The first-order chi connectivity index (χ1) is 31.2. The van der Waals surface area contributed by atoms with E-state index in [1.165, 1.54) is 63.7 Å². The van der Waals surface area contributed by atoms with E-state index in [0.29, 0.717) is 35.9 Å². The largest absolute Gasteiger partial charge is 0.481 e. The number of imide groups is 1. The van der Waals surface area contributed by atoms with E-state index >= 15 is 0 Å². The second-order valence-corrected chi connectivity index (χ2v) is 16.6. The van der Waals surface area contributed by atoms with Crippen molar-refractivity contribution >= 4 is 80.5 Å². The molecule has 4 heterocycles. The minimum absolute atomic E-state index is 0.0233. The topological polar surface area (TPSA) is 262 Å². The fourth-order valence-corrected chi connectivity index (χ4v) is 7.24. The lowest BCUT2D eigenvalue weighted by atomic mass is 9.93. The Bertz CT molecular complexity index is 2600. The molecule has 352 valence electrons. The second-order valence-electron chi connectivity index (χ2n) is 14.2. The number of pyridine rings is 1. The number of nitrogens with zero attached hydrogens (tertiary/aromatic N) is 8. The summed E-state index contributed by atoms with van der Waals surface area (Å²) in [5.74, 6) is 1.14. The fraction of sp³-hybridized carbons (Fsp3) is 0.366. The van der Waals surface area contributed by atoms with E-state index in [2.05, 4.69) is 51.8 Å². The Labute approximate surface area is 390 Å². The maximum atomic E-state index is 14.4. The third-order valence-electron chi connectivity index (χ3n) is 8.74. The van der Waals surface area contributed by atoms with Crippen molar-refractivity contribution in [3.63, 3.8) is 0 Å². The van der Waals surface area contributed by atoms with Crippen LogP contribution in [0.15, 0.2) is 52.7 Å². The van der Waals surface area contributed by atoms with Crippen molar-refractivity contribution in [2.75, 3.05) is 55.7 Å². The van der Waals surface area contributed by atoms with E-state index in [0.717, 1.165) is 30.4 Å². The number of terminal acetylenes is 1. The summed E-state index contributed by atoms with van der Waals surface area (Å²) in [5.41, 5.74) is 0.621. The Kier molecular flexibility index (Phi) is 18.3. The Hall–Kier alpha value is -6.90. The summed E-state index contributed by atoms with van der Waals surface area (Å²) in [6.45, 7) is 8.36. The number of methoxy groups -OCH3 is 2. The molecule has 25 heteroatoms. The monoisotopic (exact) mass is 972 g/mol. The molecule has 4 N–H and O–H groups in total. The van der Waals surface area contributed by atoms with Gasteiger partial charge < -0.3 is 29.7 Å². The lowest BCUT2D eigenvalue weighted by molar-refractivity contribution is -0.120. The van der Waals surface area contributed by atoms with E-state index in [1.54, 1.807) is 11.6 Å². The number of carbonyl (C=O) groups excluding carboxylic acids is 4. The van der Waals surface area contributed by atoms with Gasteiger partial charge in [0, 0.05) is 50.1 Å². The summed E-state index contributed by atoms with van der Waals surface area (Å²) in [4.78, 5) is 74.9. The summed E-state index contributed by atoms with van der Waals surface area (Å²) in [6, 6.07) is 5.44. The zero-order valence-electron chi connectivity index (χ0n) is 37.0. The number of sulfonamides is 1. The average Bonchev–Trinajstić information content (AvgIpc) is 3.52. The number of hydrogen-bond acceptors (Lipinski definition) is 17. The van der Waals surface area contributed by atoms with Gasteiger partial charge in [-0.15, -0.1) is 6.42 Å². The molecule has 0 saturated carbocycles. The predicted octanol–water partition coefficient (Wildman–Crippen LogP) is 5.50. The molecule has 0 spiro atoms. The van der Waals surface area contributed by atoms with Crippen molar-refractivity contribution in [1.29, 1.82) is 0 Å². The highest BCUT2D eigenvalue weighted by atomic mass is 35.5. The van der Waals surface area contributed by atoms with Gasteiger partial charge in [-0.05, 0) is 83.2 Å². The van der Waals surface area contributed by atoms with Crippen LogP contribution in [0.2, 0.25) is 10.3 Å². The molecule has 2 aliphatic rings. The average molecular weight is 974 g/mol. The van der Waals surface area contributed by atoms with E-state index in [-0.39, 0.29) is 51.1 Å². The van der Waals surface area contributed by atoms with Crippen LogP contribution >= 0.6 is 23.2 Å². The highest BCUT2D eigenvalue weighted by molar-refractivity contribution is 7.90. The van der Waals surface area contributed by atoms with Crippen LogP contribution in [0.1, 0.15) is 63.7 Å². The van der Waals surface area contributed by atoms with Gasteiger partial charge in [0.15, 0.2) is 11.1 Å². The van der Waals surface area contributed by atoms with Crippen molar-refractivity contribution in [1.82, 2.24) is 39.5 Å². The van der Waals surface area contributed by atoms with Crippen molar-refractivity contribution in [2.45, 2.75) is 70.6 Å². The minimum atomic E-state index is -4.46. The lowest BCUT2D eigenvalue weighted by Gasteiger charge is -2.19. The number of aromatic nitrogens is 6. The van der Waals surface area contributed by atoms with Crippen LogP contribution in [0.3, 0.4) is 0 Å². The normalized spacial score (nSPS) is 13.5. The van der Waals surface area contributed by atoms with Gasteiger partial charge in [0.1, 0.15) is 11.6 Å². The van der Waals surface area contributed by atoms with Crippen molar-refractivity contribution in [3.05, 3.63) is 69.4 Å². The molecular formula is C41H47Cl2FN12O9S. The molecule has 1 aromatic carbocycles. The van der Waals surface area contributed by atoms with E-state index in [4.69, 9.17) is 43.8 Å². The van der Waals surface area contributed by atoms with Gasteiger partial charge in [0.2, 0.25) is 34.9 Å². The third kappa shape index (κ3) is 13.6. The van der Waals surface area contributed by atoms with Crippen molar-refractivity contribution in [3.8, 4) is 29.9 Å². The van der Waals surface area contributed by atoms with E-state index in [1.807, 2.05) is 20.8 Å². The summed E-state index contributed by atoms with van der Waals surface area (Å²) in [6.07, 6.45) is 8.66. The highest BCUT2D eigenvalue weighted by Crippen LogP contribution is 2.39. The first-order valence-electron chi connectivity index (χ1n) is 19.8. The van der Waals surface area contributed by atoms with Crippen molar-refractivity contribution < 1.29 is 46.2 Å². The van der Waals surface area contributed by atoms with Gasteiger partial charge in [0.05, 0.1) is 36.6 Å². The number of urea groups is 1. The number of amides is 5. The van der Waals surface area contributed by atoms with Crippen LogP contribution < -0.4 is 39.8 Å². The van der Waals surface area contributed by atoms with Gasteiger partial charge in [-0.2, -0.15) is 33.3 Å². The zero-order valence-corrected chi connectivity index (χ0v) is 39.4. The second kappa shape index (κ2) is 23.3. The number of benzene rings is 1. The first kappa shape index (κ1) is 51.7. The number of halogens is 3. The lowest BCUT2D eigenvalue weighted by Crippen LogP contribution is -2.36. The highest BCUT2D eigenvalue weighted by Gasteiger charge is 2.41. The molecule has 4 aromatic rings. The number of ether oxygens (including phenoxy) is 3. The van der Waals surface area contributed by atoms with Crippen molar-refractivity contribution in [2.24, 2.45) is 0 Å². The van der Waals surface area contributed by atoms with Gasteiger partial charge in [-0.25, -0.2) is 23.8 Å². The number of anilines is 4. The molecule has 21 nitrogen and oxygen atoms in total. The molecule has 1 aliphatic carbocycles. The smallest absolute Gasteiger partial charge is 0.335 e. The third-order valence-corrected chi connectivity index (χ3v) is 10.5. The summed E-state index contributed by atoms with van der Waals surface area (Å²) in [5, 5.41) is 7.81. The van der Waals surface area contributed by atoms with Gasteiger partial charge in [-0.1, -0.05) is 17.5 Å². The number of carbonyl (C=O) groups is 4. The van der Waals surface area contributed by atoms with Crippen LogP contribution in [0.5, 0.6) is 17.5 Å². The number of hydrogen-bond donors (Lipinski definition) is 4. The molecule has 1 unspecified atom stereocenters. The molecule has 1 atom stereocenters. The quantitative estimate of drug-likeness (QED) is 0.0952. The molecule has 0 saturated heterocycles. The Morgan fingerprint density at radius 1 is 0.939 bits per heavy atom. The molecule has 0 bridgehead atoms. The Morgan fingerprint density at radius 2 is 1.55 bits per heavy atom. The van der Waals surface area contributed by atoms with Crippen LogP contribution in [-0.4, -0.2) is 114 Å². The molecular weight excluding hydrogens is 926 g/mol. The standard InChI is InChI=1S/C18H15ClFNO3.C15H18N6O6S.C8H14ClN5/c1-3-10(2)24-16-9-15(14(20)8-13(16)19)21-17(22)11-6-4-5-7-12(11)18(21)23;1-21(2)13(22)9-6-5-7-16-12(9)28(24,25)20-15(23)19-14-17-10(26-3)8-11(18-14)27-4;1-4-10-7-12-6(9)13-8(14-7)11-5(2)3/h1,8-10H,4-7H2,2H3;5-8H,1-4H3,(H2,17,18,19,20,23);5H,4H2,1-3H3,(H2,10,11,12,13,14). The number of rotatable bonds is 13. The molecule has 0 fully saturated rings. The van der Waals surface area contributed by atoms with Gasteiger partial charge in [-0.3, -0.25) is 19.7 Å². The predicted molar refractivity (Wildman–Crippen MR) is 243 cm³/mol. The first-order valence-corrected chi connectivity index (χ1v) is 22.1. The Morgan fingerprint density at radius 3 is 2.09 bits per heavy atom. The van der Waals surface area contributed by atoms with E-state index in [9.17, 15) is 32.0 Å². The maximum absolute atomic E-state index is 14.4. The molecule has 3 aromatic heterocycles. The zero-order chi connectivity index (χ0) is 48.9. The van der Waals surface area contributed by atoms with Gasteiger partial charge >= 0.3 is 6.03 Å². The number of nitrogens with one attached hydrogen (secondary N) is 4. The molecule has 5 amide bonds. The maximum Gasteiger partial charge on any atom is 0.335 e. The summed E-state index contributed by atoms with van der Waals surface area (Å²) >= 11 is 11.7.